The predicted molar refractivity (Wildman–Crippen MR) is 63.6 cm³/mol. The number of esters is 1. The third kappa shape index (κ3) is 6.78. The Kier molecular flexibility index (Phi) is 5.81. The van der Waals surface area contributed by atoms with Crippen molar-refractivity contribution in [3.8, 4) is 0 Å². The van der Waals surface area contributed by atoms with Crippen molar-refractivity contribution in [2.75, 3.05) is 13.1 Å². The van der Waals surface area contributed by atoms with E-state index in [1.54, 1.807) is 20.8 Å². The molecule has 6 heteroatoms. The van der Waals surface area contributed by atoms with Crippen LogP contribution < -0.4 is 5.32 Å². The first-order chi connectivity index (χ1) is 7.18. The molecule has 0 aromatic rings. The zero-order valence-electron chi connectivity index (χ0n) is 10.4. The maximum Gasteiger partial charge on any atom is 0.306 e. The standard InChI is InChI=1S/C11H19F2NO2.ClH/c1-10(2,3)16-9(15)4-8-5-11(12,13)7-14-6-8;/h8,14H,4-7H2,1-3H3;1H/t8-;/m0./s1. The van der Waals surface area contributed by atoms with Crippen LogP contribution in [0.3, 0.4) is 0 Å². The molecule has 1 heterocycles. The number of carbonyl (C=O) groups is 1. The Hall–Kier alpha value is -0.420. The summed E-state index contributed by atoms with van der Waals surface area (Å²) in [5, 5.41) is 2.64. The summed E-state index contributed by atoms with van der Waals surface area (Å²) in [5.41, 5.74) is -0.554. The summed E-state index contributed by atoms with van der Waals surface area (Å²) in [6.45, 7) is 5.45. The second kappa shape index (κ2) is 5.96. The van der Waals surface area contributed by atoms with Crippen LogP contribution in [0.1, 0.15) is 33.6 Å². The Morgan fingerprint density at radius 1 is 1.47 bits per heavy atom. The van der Waals surface area contributed by atoms with Gasteiger partial charge in [0.15, 0.2) is 0 Å². The van der Waals surface area contributed by atoms with Crippen LogP contribution >= 0.6 is 12.4 Å². The molecule has 1 aliphatic rings. The van der Waals surface area contributed by atoms with Gasteiger partial charge in [-0.3, -0.25) is 4.79 Å². The van der Waals surface area contributed by atoms with E-state index in [2.05, 4.69) is 5.32 Å². The molecule has 1 rings (SSSR count). The van der Waals surface area contributed by atoms with Crippen molar-refractivity contribution in [3.05, 3.63) is 0 Å². The van der Waals surface area contributed by atoms with Gasteiger partial charge in [0.05, 0.1) is 6.54 Å². The highest BCUT2D eigenvalue weighted by molar-refractivity contribution is 5.85. The summed E-state index contributed by atoms with van der Waals surface area (Å²) in [7, 11) is 0. The highest BCUT2D eigenvalue weighted by Crippen LogP contribution is 2.28. The minimum atomic E-state index is -2.70. The molecule has 0 spiro atoms. The van der Waals surface area contributed by atoms with Gasteiger partial charge in [0.25, 0.3) is 5.92 Å². The van der Waals surface area contributed by atoms with E-state index in [4.69, 9.17) is 4.74 Å². The van der Waals surface area contributed by atoms with Crippen LogP contribution in [0.25, 0.3) is 0 Å². The molecule has 17 heavy (non-hydrogen) atoms. The first kappa shape index (κ1) is 16.6. The molecular weight excluding hydrogens is 252 g/mol. The minimum Gasteiger partial charge on any atom is -0.460 e. The van der Waals surface area contributed by atoms with E-state index in [1.807, 2.05) is 0 Å². The van der Waals surface area contributed by atoms with Crippen molar-refractivity contribution < 1.29 is 18.3 Å². The first-order valence-corrected chi connectivity index (χ1v) is 5.48. The number of hydrogen-bond acceptors (Lipinski definition) is 3. The Bertz CT molecular complexity index is 267. The quantitative estimate of drug-likeness (QED) is 0.784. The van der Waals surface area contributed by atoms with Crippen LogP contribution in [0, 0.1) is 5.92 Å². The molecule has 3 nitrogen and oxygen atoms in total. The molecule has 0 aromatic heterocycles. The molecule has 0 bridgehead atoms. The van der Waals surface area contributed by atoms with Crippen LogP contribution in [-0.4, -0.2) is 30.6 Å². The lowest BCUT2D eigenvalue weighted by Crippen LogP contribution is -2.44. The maximum atomic E-state index is 13.0. The number of rotatable bonds is 2. The predicted octanol–water partition coefficient (Wildman–Crippen LogP) is 2.38. The molecule has 0 aromatic carbocycles. The SMILES string of the molecule is CC(C)(C)OC(=O)C[C@@H]1CNCC(F)(F)C1.Cl. The Morgan fingerprint density at radius 3 is 2.53 bits per heavy atom. The zero-order valence-corrected chi connectivity index (χ0v) is 11.2. The third-order valence-electron chi connectivity index (χ3n) is 2.28. The van der Waals surface area contributed by atoms with Crippen molar-refractivity contribution >= 4 is 18.4 Å². The van der Waals surface area contributed by atoms with Gasteiger partial charge in [-0.1, -0.05) is 0 Å². The summed E-state index contributed by atoms with van der Waals surface area (Å²) in [6.07, 6.45) is -0.181. The van der Waals surface area contributed by atoms with Crippen molar-refractivity contribution in [1.82, 2.24) is 5.32 Å². The van der Waals surface area contributed by atoms with Gasteiger partial charge in [0.1, 0.15) is 5.60 Å². The molecule has 0 unspecified atom stereocenters. The fourth-order valence-electron chi connectivity index (χ4n) is 1.79. The van der Waals surface area contributed by atoms with Gasteiger partial charge in [0.2, 0.25) is 0 Å². The number of nitrogens with one attached hydrogen (secondary N) is 1. The van der Waals surface area contributed by atoms with Gasteiger partial charge in [-0.2, -0.15) is 0 Å². The molecule has 102 valence electrons. The molecule has 0 aliphatic carbocycles. The summed E-state index contributed by atoms with van der Waals surface area (Å²) >= 11 is 0. The summed E-state index contributed by atoms with van der Waals surface area (Å²) < 4.78 is 31.2. The number of piperidine rings is 1. The second-order valence-electron chi connectivity index (χ2n) is 5.35. The maximum absolute atomic E-state index is 13.0. The van der Waals surface area contributed by atoms with Crippen LogP contribution in [0.4, 0.5) is 8.78 Å². The van der Waals surface area contributed by atoms with E-state index in [9.17, 15) is 13.6 Å². The van der Waals surface area contributed by atoms with Gasteiger partial charge < -0.3 is 10.1 Å². The van der Waals surface area contributed by atoms with Crippen molar-refractivity contribution in [1.29, 1.82) is 0 Å². The van der Waals surface area contributed by atoms with Crippen molar-refractivity contribution in [2.45, 2.75) is 45.1 Å². The van der Waals surface area contributed by atoms with Gasteiger partial charge >= 0.3 is 5.97 Å². The fourth-order valence-corrected chi connectivity index (χ4v) is 1.79. The normalized spacial score (nSPS) is 23.7. The zero-order chi connectivity index (χ0) is 12.4. The van der Waals surface area contributed by atoms with Crippen LogP contribution in [-0.2, 0) is 9.53 Å². The number of ether oxygens (including phenoxy) is 1. The summed E-state index contributed by atoms with van der Waals surface area (Å²) in [4.78, 5) is 11.4. The number of halogens is 3. The topological polar surface area (TPSA) is 38.3 Å². The fraction of sp³-hybridized carbons (Fsp3) is 0.909. The first-order valence-electron chi connectivity index (χ1n) is 5.48. The molecule has 1 N–H and O–H groups in total. The minimum absolute atomic E-state index is 0. The van der Waals surface area contributed by atoms with Gasteiger partial charge in [-0.25, -0.2) is 8.78 Å². The lowest BCUT2D eigenvalue weighted by Gasteiger charge is -2.30. The average Bonchev–Trinajstić information content (AvgIpc) is 1.96. The smallest absolute Gasteiger partial charge is 0.306 e. The molecule has 1 saturated heterocycles. The van der Waals surface area contributed by atoms with E-state index in [1.165, 1.54) is 0 Å². The monoisotopic (exact) mass is 271 g/mol. The van der Waals surface area contributed by atoms with E-state index < -0.39 is 17.5 Å². The molecule has 0 amide bonds. The lowest BCUT2D eigenvalue weighted by atomic mass is 9.94. The lowest BCUT2D eigenvalue weighted by molar-refractivity contribution is -0.157. The molecule has 0 radical (unpaired) electrons. The Morgan fingerprint density at radius 2 is 2.06 bits per heavy atom. The van der Waals surface area contributed by atoms with Crippen LogP contribution in [0.15, 0.2) is 0 Å². The van der Waals surface area contributed by atoms with Crippen molar-refractivity contribution in [3.63, 3.8) is 0 Å². The Balaban J connectivity index is 0.00000256. The second-order valence-corrected chi connectivity index (χ2v) is 5.35. The molecule has 1 aliphatic heterocycles. The number of carbonyl (C=O) groups excluding carboxylic acids is 1. The van der Waals surface area contributed by atoms with E-state index in [-0.39, 0.29) is 37.7 Å². The van der Waals surface area contributed by atoms with E-state index in [0.717, 1.165) is 0 Å². The van der Waals surface area contributed by atoms with Crippen LogP contribution in [0.5, 0.6) is 0 Å². The van der Waals surface area contributed by atoms with Crippen molar-refractivity contribution in [2.24, 2.45) is 5.92 Å². The molecular formula is C11H20ClF2NO2. The molecule has 1 fully saturated rings. The average molecular weight is 272 g/mol. The summed E-state index contributed by atoms with van der Waals surface area (Å²) in [6, 6.07) is 0. The third-order valence-corrected chi connectivity index (χ3v) is 2.28. The number of hydrogen-bond donors (Lipinski definition) is 1. The van der Waals surface area contributed by atoms with Gasteiger partial charge in [-0.15, -0.1) is 12.4 Å². The van der Waals surface area contributed by atoms with Gasteiger partial charge in [0, 0.05) is 12.8 Å². The van der Waals surface area contributed by atoms with E-state index in [0.29, 0.717) is 6.54 Å². The highest BCUT2D eigenvalue weighted by atomic mass is 35.5. The summed E-state index contributed by atoms with van der Waals surface area (Å²) in [5.74, 6) is -3.44. The molecule has 0 saturated carbocycles. The van der Waals surface area contributed by atoms with Crippen LogP contribution in [0.2, 0.25) is 0 Å². The van der Waals surface area contributed by atoms with E-state index >= 15 is 0 Å². The molecule has 1 atom stereocenters. The highest BCUT2D eigenvalue weighted by Gasteiger charge is 2.37. The largest absolute Gasteiger partial charge is 0.460 e. The Labute approximate surface area is 107 Å². The number of alkyl halides is 2. The van der Waals surface area contributed by atoms with Gasteiger partial charge in [-0.05, 0) is 33.2 Å².